The Balaban J connectivity index is 1.89. The molecule has 2 saturated carbocycles. The van der Waals surface area contributed by atoms with Gasteiger partial charge in [-0.3, -0.25) is 28.9 Å². The van der Waals surface area contributed by atoms with Crippen molar-refractivity contribution in [2.24, 2.45) is 29.4 Å². The van der Waals surface area contributed by atoms with Gasteiger partial charge in [-0.05, 0) is 44.5 Å². The molecule has 1 aromatic carbocycles. The Kier molecular flexibility index (Phi) is 4.96. The number of ketones is 4. The zero-order valence-corrected chi connectivity index (χ0v) is 18.0. The van der Waals surface area contributed by atoms with Gasteiger partial charge in [0, 0.05) is 5.92 Å². The molecule has 1 amide bonds. The molecular weight excluding hydrogens is 430 g/mol. The fourth-order valence-electron chi connectivity index (χ4n) is 5.80. The van der Waals surface area contributed by atoms with Crippen LogP contribution >= 0.6 is 0 Å². The number of hydrogen-bond donors (Lipinski definition) is 4. The van der Waals surface area contributed by atoms with Crippen molar-refractivity contribution < 1.29 is 34.2 Å². The van der Waals surface area contributed by atoms with Crippen LogP contribution in [0.3, 0.4) is 0 Å². The van der Waals surface area contributed by atoms with Gasteiger partial charge in [0.25, 0.3) is 0 Å². The molecule has 3 aliphatic carbocycles. The molecule has 0 aliphatic heterocycles. The highest BCUT2D eigenvalue weighted by atomic mass is 16.3. The van der Waals surface area contributed by atoms with Gasteiger partial charge in [-0.2, -0.15) is 0 Å². The average molecular weight is 453 g/mol. The molecule has 6 atom stereocenters. The minimum atomic E-state index is -2.75. The first-order valence-corrected chi connectivity index (χ1v) is 10.3. The normalized spacial score (nSPS) is 33.2. The van der Waals surface area contributed by atoms with E-state index in [1.165, 1.54) is 25.1 Å². The lowest BCUT2D eigenvalue weighted by Gasteiger charge is -2.52. The van der Waals surface area contributed by atoms with E-state index in [1.807, 2.05) is 0 Å². The molecule has 0 bridgehead atoms. The molecule has 1 aromatic rings. The van der Waals surface area contributed by atoms with E-state index in [2.05, 4.69) is 5.92 Å². The van der Waals surface area contributed by atoms with E-state index < -0.39 is 70.1 Å². The number of hydrogen-bond acceptors (Lipinski definition) is 9. The van der Waals surface area contributed by atoms with E-state index in [1.54, 1.807) is 0 Å². The summed E-state index contributed by atoms with van der Waals surface area (Å²) in [4.78, 5) is 66.4. The number of carbonyl (C=O) groups excluding carboxylic acids is 5. The number of nitrogens with zero attached hydrogens (tertiary/aromatic N) is 1. The second-order valence-corrected chi connectivity index (χ2v) is 9.15. The van der Waals surface area contributed by atoms with Crippen molar-refractivity contribution in [3.8, 4) is 18.1 Å². The summed E-state index contributed by atoms with van der Waals surface area (Å²) < 4.78 is 0. The summed E-state index contributed by atoms with van der Waals surface area (Å²) in [6.07, 6.45) is 5.54. The fraction of sp³-hybridized carbons (Fsp3) is 0.435. The first-order chi connectivity index (χ1) is 15.4. The molecule has 2 unspecified atom stereocenters. The standard InChI is InChI=1S/C23H23N3O7/c1-4-8-5-9-6-10-7-11-16(26(2)3)19(29)14(22(25)32)21(31)23(11,33)20(30)13(10)17(27)12(9)18(28)15(8)24/h1,5,10-11,13-14,16,28,33H,6-7,24H2,2-3H3,(H2,25,32)/t10-,11-,13?,14?,16-,23-/m1/s1. The number of anilines is 1. The fourth-order valence-corrected chi connectivity index (χ4v) is 5.80. The second kappa shape index (κ2) is 7.23. The Morgan fingerprint density at radius 2 is 1.88 bits per heavy atom. The molecule has 3 aliphatic rings. The van der Waals surface area contributed by atoms with Gasteiger partial charge in [-0.15, -0.1) is 6.42 Å². The van der Waals surface area contributed by atoms with Crippen LogP contribution in [0.25, 0.3) is 0 Å². The van der Waals surface area contributed by atoms with Crippen LogP contribution in [-0.2, 0) is 25.6 Å². The van der Waals surface area contributed by atoms with Crippen molar-refractivity contribution in [1.29, 1.82) is 0 Å². The molecule has 6 N–H and O–H groups in total. The van der Waals surface area contributed by atoms with Crippen LogP contribution in [0.4, 0.5) is 5.69 Å². The van der Waals surface area contributed by atoms with Crippen LogP contribution in [0.15, 0.2) is 6.07 Å². The molecule has 0 heterocycles. The minimum Gasteiger partial charge on any atom is -0.505 e. The molecule has 2 fully saturated rings. The highest BCUT2D eigenvalue weighted by molar-refractivity contribution is 6.32. The second-order valence-electron chi connectivity index (χ2n) is 9.15. The van der Waals surface area contributed by atoms with Crippen LogP contribution < -0.4 is 11.5 Å². The number of Topliss-reactive ketones (excluding diaryl/α,β-unsaturated/α-hetero) is 4. The number of phenols is 1. The van der Waals surface area contributed by atoms with Crippen molar-refractivity contribution >= 4 is 34.7 Å². The van der Waals surface area contributed by atoms with Crippen molar-refractivity contribution in [2.45, 2.75) is 24.5 Å². The van der Waals surface area contributed by atoms with Gasteiger partial charge in [-0.25, -0.2) is 0 Å². The number of aromatic hydroxyl groups is 1. The lowest BCUT2D eigenvalue weighted by molar-refractivity contribution is -0.181. The van der Waals surface area contributed by atoms with E-state index in [4.69, 9.17) is 17.9 Å². The molecule has 4 rings (SSSR count). The monoisotopic (exact) mass is 453 g/mol. The molecular formula is C23H23N3O7. The maximum absolute atomic E-state index is 13.6. The molecule has 0 saturated heterocycles. The average Bonchev–Trinajstić information content (AvgIpc) is 2.72. The topological polar surface area (TPSA) is 181 Å². The minimum absolute atomic E-state index is 0.0274. The van der Waals surface area contributed by atoms with E-state index in [9.17, 15) is 34.2 Å². The molecule has 0 spiro atoms. The Bertz CT molecular complexity index is 1200. The predicted molar refractivity (Wildman–Crippen MR) is 114 cm³/mol. The maximum Gasteiger partial charge on any atom is 0.235 e. The van der Waals surface area contributed by atoms with Crippen molar-refractivity contribution in [2.75, 3.05) is 19.8 Å². The lowest BCUT2D eigenvalue weighted by atomic mass is 9.52. The maximum atomic E-state index is 13.6. The number of amides is 1. The molecule has 33 heavy (non-hydrogen) atoms. The van der Waals surface area contributed by atoms with Gasteiger partial charge in [0.05, 0.1) is 28.8 Å². The first kappa shape index (κ1) is 22.6. The molecule has 10 heteroatoms. The van der Waals surface area contributed by atoms with E-state index in [0.29, 0.717) is 5.56 Å². The Morgan fingerprint density at radius 3 is 2.42 bits per heavy atom. The van der Waals surface area contributed by atoms with Gasteiger partial charge in [-0.1, -0.05) is 5.92 Å². The van der Waals surface area contributed by atoms with Gasteiger partial charge in [0.2, 0.25) is 5.91 Å². The highest BCUT2D eigenvalue weighted by Crippen LogP contribution is 2.51. The summed E-state index contributed by atoms with van der Waals surface area (Å²) in [5.74, 6) is -8.80. The van der Waals surface area contributed by atoms with Crippen LogP contribution in [0.2, 0.25) is 0 Å². The van der Waals surface area contributed by atoms with Crippen LogP contribution in [0, 0.1) is 36.0 Å². The molecule has 172 valence electrons. The number of phenolic OH excluding ortho intramolecular Hbond substituents is 1. The number of fused-ring (bicyclic) bond motifs is 3. The van der Waals surface area contributed by atoms with Crippen molar-refractivity contribution in [3.05, 3.63) is 22.8 Å². The Labute approximate surface area is 188 Å². The number of benzene rings is 1. The predicted octanol–water partition coefficient (Wildman–Crippen LogP) is -1.57. The largest absolute Gasteiger partial charge is 0.505 e. The Hall–Kier alpha value is -3.55. The lowest BCUT2D eigenvalue weighted by Crippen LogP contribution is -2.74. The number of terminal acetylenes is 1. The van der Waals surface area contributed by atoms with Crippen LogP contribution in [-0.4, -0.2) is 69.9 Å². The van der Waals surface area contributed by atoms with Crippen molar-refractivity contribution in [3.63, 3.8) is 0 Å². The number of aliphatic hydroxyl groups is 1. The summed E-state index contributed by atoms with van der Waals surface area (Å²) in [7, 11) is 3.05. The third-order valence-corrected chi connectivity index (χ3v) is 7.25. The zero-order chi connectivity index (χ0) is 24.6. The zero-order valence-electron chi connectivity index (χ0n) is 18.0. The summed E-state index contributed by atoms with van der Waals surface area (Å²) in [5.41, 5.74) is 8.55. The quantitative estimate of drug-likeness (QED) is 0.178. The number of carbonyl (C=O) groups is 5. The summed E-state index contributed by atoms with van der Waals surface area (Å²) in [6, 6.07) is 0.348. The molecule has 0 radical (unpaired) electrons. The number of nitrogen functional groups attached to an aromatic ring is 1. The van der Waals surface area contributed by atoms with Crippen LogP contribution in [0.5, 0.6) is 5.75 Å². The number of rotatable bonds is 2. The third-order valence-electron chi connectivity index (χ3n) is 7.25. The highest BCUT2D eigenvalue weighted by Gasteiger charge is 2.69. The molecule has 10 nitrogen and oxygen atoms in total. The van der Waals surface area contributed by atoms with Gasteiger partial charge in [0.1, 0.15) is 0 Å². The van der Waals surface area contributed by atoms with E-state index in [-0.39, 0.29) is 29.7 Å². The summed E-state index contributed by atoms with van der Waals surface area (Å²) in [6.45, 7) is 0. The smallest absolute Gasteiger partial charge is 0.235 e. The number of primary amides is 1. The number of likely N-dealkylation sites (N-methyl/N-ethyl adjacent to an activating group) is 1. The Morgan fingerprint density at radius 1 is 1.24 bits per heavy atom. The van der Waals surface area contributed by atoms with Gasteiger partial charge in [0.15, 0.2) is 40.4 Å². The first-order valence-electron chi connectivity index (χ1n) is 10.3. The van der Waals surface area contributed by atoms with E-state index in [0.717, 1.165) is 0 Å². The van der Waals surface area contributed by atoms with Crippen molar-refractivity contribution in [1.82, 2.24) is 4.90 Å². The molecule has 0 aromatic heterocycles. The van der Waals surface area contributed by atoms with Gasteiger partial charge < -0.3 is 21.7 Å². The number of nitrogens with two attached hydrogens (primary N) is 2. The van der Waals surface area contributed by atoms with E-state index >= 15 is 0 Å². The third kappa shape index (κ3) is 2.79. The summed E-state index contributed by atoms with van der Waals surface area (Å²) >= 11 is 0. The van der Waals surface area contributed by atoms with Gasteiger partial charge >= 0.3 is 0 Å². The SMILES string of the molecule is C#Cc1cc2c(c(O)c1N)C(=O)C1C(=O)[C@@]3(O)C(=O)C(C(N)=O)C(=O)[C@H](N(C)C)[C@H]3C[C@H]1C2. The van der Waals surface area contributed by atoms with Crippen LogP contribution in [0.1, 0.15) is 27.9 Å². The summed E-state index contributed by atoms with van der Waals surface area (Å²) in [5, 5.41) is 22.0.